The normalized spacial score (nSPS) is 10.8. The average molecular weight is 441 g/mol. The minimum atomic E-state index is -0.276. The third-order valence-electron chi connectivity index (χ3n) is 4.83. The van der Waals surface area contributed by atoms with Crippen LogP contribution in [0, 0.1) is 0 Å². The van der Waals surface area contributed by atoms with E-state index in [9.17, 15) is 9.59 Å². The first-order valence-corrected chi connectivity index (χ1v) is 10.1. The van der Waals surface area contributed by atoms with Crippen LogP contribution in [0.1, 0.15) is 28.4 Å². The highest BCUT2D eigenvalue weighted by Gasteiger charge is 2.19. The summed E-state index contributed by atoms with van der Waals surface area (Å²) < 4.78 is 20.9. The van der Waals surface area contributed by atoms with Gasteiger partial charge in [-0.2, -0.15) is 0 Å². The second-order valence-corrected chi connectivity index (χ2v) is 7.16. The summed E-state index contributed by atoms with van der Waals surface area (Å²) in [4.78, 5) is 34.4. The molecule has 170 valence electrons. The maximum absolute atomic E-state index is 13.0. The number of amides is 1. The minimum Gasteiger partial charge on any atom is -0.497 e. The number of carbonyl (C=O) groups excluding carboxylic acids is 1. The molecule has 3 rings (SSSR count). The van der Waals surface area contributed by atoms with Crippen molar-refractivity contribution in [1.82, 2.24) is 14.9 Å². The molecule has 0 saturated carbocycles. The number of hydrogen-bond acceptors (Lipinski definition) is 7. The van der Waals surface area contributed by atoms with E-state index in [0.29, 0.717) is 35.0 Å². The molecule has 1 amide bonds. The smallest absolute Gasteiger partial charge is 0.254 e. The van der Waals surface area contributed by atoms with Gasteiger partial charge >= 0.3 is 0 Å². The van der Waals surface area contributed by atoms with E-state index in [0.717, 1.165) is 5.56 Å². The second-order valence-electron chi connectivity index (χ2n) is 7.16. The lowest BCUT2D eigenvalue weighted by atomic mass is 10.0. The molecule has 0 radical (unpaired) electrons. The van der Waals surface area contributed by atoms with Crippen molar-refractivity contribution in [2.75, 3.05) is 27.9 Å². The molecule has 0 aliphatic carbocycles. The van der Waals surface area contributed by atoms with Crippen molar-refractivity contribution in [2.45, 2.75) is 26.1 Å². The first-order valence-electron chi connectivity index (χ1n) is 10.1. The lowest BCUT2D eigenvalue weighted by molar-refractivity contribution is -0.136. The van der Waals surface area contributed by atoms with E-state index in [1.807, 2.05) is 24.3 Å². The highest BCUT2D eigenvalue weighted by atomic mass is 16.5. The summed E-state index contributed by atoms with van der Waals surface area (Å²) >= 11 is 0. The van der Waals surface area contributed by atoms with Gasteiger partial charge in [-0.3, -0.25) is 9.59 Å². The molecule has 0 aliphatic heterocycles. The lowest BCUT2D eigenvalue weighted by Crippen LogP contribution is -2.34. The Morgan fingerprint density at radius 2 is 1.97 bits per heavy atom. The first-order chi connectivity index (χ1) is 15.5. The predicted octanol–water partition coefficient (Wildman–Crippen LogP) is 2.28. The first kappa shape index (κ1) is 23.2. The maximum atomic E-state index is 13.0. The van der Waals surface area contributed by atoms with Crippen LogP contribution in [-0.4, -0.2) is 48.7 Å². The largest absolute Gasteiger partial charge is 0.497 e. The molecule has 0 fully saturated rings. The van der Waals surface area contributed by atoms with Gasteiger partial charge in [0.25, 0.3) is 5.56 Å². The van der Waals surface area contributed by atoms with Crippen LogP contribution >= 0.6 is 0 Å². The molecule has 0 unspecified atom stereocenters. The highest BCUT2D eigenvalue weighted by molar-refractivity contribution is 5.77. The second kappa shape index (κ2) is 11.3. The Bertz CT molecular complexity index is 1080. The summed E-state index contributed by atoms with van der Waals surface area (Å²) in [7, 11) is 4.59. The van der Waals surface area contributed by atoms with Gasteiger partial charge in [-0.05, 0) is 29.8 Å². The summed E-state index contributed by atoms with van der Waals surface area (Å²) in [6.07, 6.45) is 1.91. The summed E-state index contributed by atoms with van der Waals surface area (Å²) in [6, 6.07) is 11.0. The van der Waals surface area contributed by atoms with Gasteiger partial charge in [0, 0.05) is 26.2 Å². The number of benzene rings is 1. The van der Waals surface area contributed by atoms with Gasteiger partial charge in [-0.1, -0.05) is 12.1 Å². The van der Waals surface area contributed by atoms with Crippen molar-refractivity contribution in [1.29, 1.82) is 0 Å². The van der Waals surface area contributed by atoms with E-state index in [2.05, 4.69) is 9.97 Å². The third-order valence-corrected chi connectivity index (χ3v) is 4.83. The fraction of sp³-hybridized carbons (Fsp3) is 0.348. The van der Waals surface area contributed by atoms with E-state index in [4.69, 9.17) is 18.6 Å². The molecule has 2 heterocycles. The molecule has 1 N–H and O–H groups in total. The Hall–Kier alpha value is -3.43. The molecule has 3 aromatic rings. The molecule has 0 saturated heterocycles. The topological polar surface area (TPSA) is 107 Å². The molecule has 0 atom stereocenters. The van der Waals surface area contributed by atoms with Crippen LogP contribution in [0.3, 0.4) is 0 Å². The molecule has 32 heavy (non-hydrogen) atoms. The van der Waals surface area contributed by atoms with Gasteiger partial charge in [0.05, 0.1) is 38.8 Å². The number of nitrogens with one attached hydrogen (secondary N) is 1. The number of carbonyl (C=O) groups is 1. The van der Waals surface area contributed by atoms with Crippen molar-refractivity contribution in [3.05, 3.63) is 81.4 Å². The Balaban J connectivity index is 1.89. The van der Waals surface area contributed by atoms with Crippen LogP contribution < -0.4 is 10.3 Å². The summed E-state index contributed by atoms with van der Waals surface area (Å²) in [6.45, 7) is 0.391. The summed E-state index contributed by atoms with van der Waals surface area (Å²) in [5, 5.41) is 0. The standard InChI is InChI=1S/C23H27N3O6/c1-29-14-20-19(11-16-6-4-7-17(10-16)31-3)23(28)25-21(24-20)13-26(22(27)15-30-2)12-18-8-5-9-32-18/h4-10H,11-15H2,1-3H3,(H,24,25,28). The Labute approximate surface area is 185 Å². The summed E-state index contributed by atoms with van der Waals surface area (Å²) in [5.41, 5.74) is 1.66. The Kier molecular flexibility index (Phi) is 8.18. The van der Waals surface area contributed by atoms with Gasteiger partial charge in [0.15, 0.2) is 0 Å². The van der Waals surface area contributed by atoms with Crippen LogP contribution in [0.4, 0.5) is 0 Å². The summed E-state index contributed by atoms with van der Waals surface area (Å²) in [5.74, 6) is 1.43. The van der Waals surface area contributed by atoms with Crippen LogP contribution in [0.25, 0.3) is 0 Å². The van der Waals surface area contributed by atoms with Crippen molar-refractivity contribution in [2.24, 2.45) is 0 Å². The van der Waals surface area contributed by atoms with Crippen LogP contribution in [-0.2, 0) is 40.4 Å². The number of rotatable bonds is 11. The average Bonchev–Trinajstić information content (AvgIpc) is 3.29. The molecule has 0 spiro atoms. The van der Waals surface area contributed by atoms with E-state index < -0.39 is 0 Å². The molecule has 9 heteroatoms. The molecule has 0 aliphatic rings. The predicted molar refractivity (Wildman–Crippen MR) is 116 cm³/mol. The zero-order chi connectivity index (χ0) is 22.9. The van der Waals surface area contributed by atoms with Gasteiger partial charge < -0.3 is 28.5 Å². The fourth-order valence-electron chi connectivity index (χ4n) is 3.31. The number of aromatic nitrogens is 2. The number of methoxy groups -OCH3 is 3. The molecular formula is C23H27N3O6. The van der Waals surface area contributed by atoms with E-state index in [-0.39, 0.29) is 37.8 Å². The third kappa shape index (κ3) is 6.05. The number of hydrogen-bond donors (Lipinski definition) is 1. The van der Waals surface area contributed by atoms with Crippen molar-refractivity contribution >= 4 is 5.91 Å². The van der Waals surface area contributed by atoms with E-state index in [1.165, 1.54) is 12.0 Å². The molecule has 9 nitrogen and oxygen atoms in total. The fourth-order valence-corrected chi connectivity index (χ4v) is 3.31. The van der Waals surface area contributed by atoms with Crippen LogP contribution in [0.5, 0.6) is 5.75 Å². The molecule has 2 aromatic heterocycles. The van der Waals surface area contributed by atoms with Crippen molar-refractivity contribution in [3.8, 4) is 5.75 Å². The molecule has 1 aromatic carbocycles. The van der Waals surface area contributed by atoms with Gasteiger partial charge in [0.1, 0.15) is 23.9 Å². The van der Waals surface area contributed by atoms with Crippen LogP contribution in [0.15, 0.2) is 51.9 Å². The number of ether oxygens (including phenoxy) is 3. The Morgan fingerprint density at radius 3 is 2.66 bits per heavy atom. The minimum absolute atomic E-state index is 0.0916. The molecular weight excluding hydrogens is 414 g/mol. The quantitative estimate of drug-likeness (QED) is 0.486. The van der Waals surface area contributed by atoms with Gasteiger partial charge in [0.2, 0.25) is 5.91 Å². The number of H-pyrrole nitrogens is 1. The zero-order valence-corrected chi connectivity index (χ0v) is 18.4. The van der Waals surface area contributed by atoms with Gasteiger partial charge in [-0.25, -0.2) is 4.98 Å². The van der Waals surface area contributed by atoms with E-state index in [1.54, 1.807) is 32.6 Å². The molecule has 0 bridgehead atoms. The number of furan rings is 1. The van der Waals surface area contributed by atoms with Gasteiger partial charge in [-0.15, -0.1) is 0 Å². The number of nitrogens with zero attached hydrogens (tertiary/aromatic N) is 2. The van der Waals surface area contributed by atoms with E-state index >= 15 is 0 Å². The maximum Gasteiger partial charge on any atom is 0.254 e. The van der Waals surface area contributed by atoms with Crippen molar-refractivity contribution < 1.29 is 23.4 Å². The lowest BCUT2D eigenvalue weighted by Gasteiger charge is -2.21. The van der Waals surface area contributed by atoms with Crippen molar-refractivity contribution in [3.63, 3.8) is 0 Å². The number of aromatic amines is 1. The zero-order valence-electron chi connectivity index (χ0n) is 18.4. The Morgan fingerprint density at radius 1 is 1.12 bits per heavy atom. The van der Waals surface area contributed by atoms with Crippen LogP contribution in [0.2, 0.25) is 0 Å². The monoisotopic (exact) mass is 441 g/mol. The SMILES string of the molecule is COCC(=O)N(Cc1nc(COC)c(Cc2cccc(OC)c2)c(=O)[nH]1)Cc1ccco1. The highest BCUT2D eigenvalue weighted by Crippen LogP contribution is 2.17.